The predicted octanol–water partition coefficient (Wildman–Crippen LogP) is 3.39. The van der Waals surface area contributed by atoms with Crippen LogP contribution in [-0.2, 0) is 0 Å². The van der Waals surface area contributed by atoms with Crippen LogP contribution in [0.5, 0.6) is 5.75 Å². The first-order chi connectivity index (χ1) is 7.20. The van der Waals surface area contributed by atoms with Gasteiger partial charge in [0.15, 0.2) is 0 Å². The van der Waals surface area contributed by atoms with E-state index in [-0.39, 0.29) is 10.8 Å². The summed E-state index contributed by atoms with van der Waals surface area (Å²) in [4.78, 5) is 10.9. The zero-order chi connectivity index (χ0) is 12.5. The average Bonchev–Trinajstić information content (AvgIpc) is 1.96. The summed E-state index contributed by atoms with van der Waals surface area (Å²) < 4.78 is 18.9. The average molecular weight is 263 g/mol. The van der Waals surface area contributed by atoms with Gasteiger partial charge in [-0.1, -0.05) is 11.6 Å². The van der Waals surface area contributed by atoms with Crippen LogP contribution < -0.4 is 4.43 Å². The van der Waals surface area contributed by atoms with Gasteiger partial charge in [-0.2, -0.15) is 0 Å². The van der Waals surface area contributed by atoms with Crippen LogP contribution in [0.1, 0.15) is 10.4 Å². The lowest BCUT2D eigenvalue weighted by Gasteiger charge is -2.20. The summed E-state index contributed by atoms with van der Waals surface area (Å²) in [5.74, 6) is -2.24. The third kappa shape index (κ3) is 3.21. The molecule has 1 N–H and O–H groups in total. The normalized spacial score (nSPS) is 11.3. The lowest BCUT2D eigenvalue weighted by Crippen LogP contribution is -2.30. The maximum absolute atomic E-state index is 13.4. The third-order valence-corrected chi connectivity index (χ3v) is 2.70. The smallest absolute Gasteiger partial charge is 0.342 e. The van der Waals surface area contributed by atoms with Crippen LogP contribution in [0.2, 0.25) is 24.7 Å². The van der Waals surface area contributed by atoms with E-state index in [4.69, 9.17) is 21.1 Å². The number of hydrogen-bond donors (Lipinski definition) is 1. The molecule has 0 aromatic heterocycles. The molecule has 16 heavy (non-hydrogen) atoms. The van der Waals surface area contributed by atoms with Crippen molar-refractivity contribution in [2.24, 2.45) is 0 Å². The highest BCUT2D eigenvalue weighted by atomic mass is 35.5. The Morgan fingerprint density at radius 1 is 1.44 bits per heavy atom. The Morgan fingerprint density at radius 2 is 2.00 bits per heavy atom. The van der Waals surface area contributed by atoms with Crippen molar-refractivity contribution in [3.05, 3.63) is 28.5 Å². The number of benzene rings is 1. The van der Waals surface area contributed by atoms with E-state index in [1.54, 1.807) is 0 Å². The fourth-order valence-corrected chi connectivity index (χ4v) is 2.18. The quantitative estimate of drug-likeness (QED) is 0.850. The Balaban J connectivity index is 3.30. The summed E-state index contributed by atoms with van der Waals surface area (Å²) in [6.07, 6.45) is 0. The monoisotopic (exact) mass is 262 g/mol. The Kier molecular flexibility index (Phi) is 3.60. The maximum atomic E-state index is 13.4. The van der Waals surface area contributed by atoms with Crippen molar-refractivity contribution in [3.8, 4) is 5.75 Å². The van der Waals surface area contributed by atoms with E-state index in [2.05, 4.69) is 0 Å². The molecule has 1 rings (SSSR count). The molecule has 0 radical (unpaired) electrons. The van der Waals surface area contributed by atoms with Gasteiger partial charge < -0.3 is 9.53 Å². The Morgan fingerprint density at radius 3 is 2.44 bits per heavy atom. The molecule has 88 valence electrons. The van der Waals surface area contributed by atoms with Crippen LogP contribution in [0.25, 0.3) is 0 Å². The zero-order valence-electron chi connectivity index (χ0n) is 9.17. The van der Waals surface area contributed by atoms with Gasteiger partial charge in [0.1, 0.15) is 17.1 Å². The molecule has 0 aliphatic rings. The summed E-state index contributed by atoms with van der Waals surface area (Å²) in [7, 11) is -2.01. The van der Waals surface area contributed by atoms with E-state index >= 15 is 0 Å². The highest BCUT2D eigenvalue weighted by Crippen LogP contribution is 2.28. The van der Waals surface area contributed by atoms with E-state index in [0.717, 1.165) is 6.07 Å². The molecule has 0 bridgehead atoms. The van der Waals surface area contributed by atoms with Crippen molar-refractivity contribution in [2.75, 3.05) is 0 Å². The number of rotatable bonds is 3. The fraction of sp³-hybridized carbons (Fsp3) is 0.300. The van der Waals surface area contributed by atoms with Crippen molar-refractivity contribution in [1.29, 1.82) is 0 Å². The number of carboxylic acids is 1. The number of aromatic carboxylic acids is 1. The molecule has 0 saturated carbocycles. The molecule has 3 nitrogen and oxygen atoms in total. The van der Waals surface area contributed by atoms with Crippen LogP contribution in [0.4, 0.5) is 4.39 Å². The van der Waals surface area contributed by atoms with Gasteiger partial charge >= 0.3 is 5.97 Å². The second-order valence-corrected chi connectivity index (χ2v) is 9.15. The molecule has 6 heteroatoms. The Labute approximate surface area is 98.9 Å². The van der Waals surface area contributed by atoms with Gasteiger partial charge in [-0.15, -0.1) is 0 Å². The molecule has 0 spiro atoms. The minimum absolute atomic E-state index is 0.00309. The van der Waals surface area contributed by atoms with Gasteiger partial charge in [-0.25, -0.2) is 9.18 Å². The highest BCUT2D eigenvalue weighted by molar-refractivity contribution is 6.70. The highest BCUT2D eigenvalue weighted by Gasteiger charge is 2.24. The molecule has 0 atom stereocenters. The largest absolute Gasteiger partial charge is 0.544 e. The van der Waals surface area contributed by atoms with Crippen LogP contribution in [0.15, 0.2) is 12.1 Å². The number of halogens is 2. The first-order valence-electron chi connectivity index (χ1n) is 4.62. The van der Waals surface area contributed by atoms with Crippen molar-refractivity contribution in [1.82, 2.24) is 0 Å². The number of hydrogen-bond acceptors (Lipinski definition) is 2. The van der Waals surface area contributed by atoms with Gasteiger partial charge in [0.25, 0.3) is 0 Å². The summed E-state index contributed by atoms with van der Waals surface area (Å²) >= 11 is 5.66. The zero-order valence-corrected chi connectivity index (χ0v) is 10.9. The summed E-state index contributed by atoms with van der Waals surface area (Å²) in [6.45, 7) is 5.62. The van der Waals surface area contributed by atoms with E-state index in [1.165, 1.54) is 6.07 Å². The van der Waals surface area contributed by atoms with Crippen LogP contribution in [-0.4, -0.2) is 19.4 Å². The third-order valence-electron chi connectivity index (χ3n) is 1.65. The predicted molar refractivity (Wildman–Crippen MR) is 62.3 cm³/mol. The molecule has 0 aliphatic carbocycles. The van der Waals surface area contributed by atoms with Gasteiger partial charge in [0.2, 0.25) is 8.32 Å². The van der Waals surface area contributed by atoms with E-state index < -0.39 is 25.7 Å². The van der Waals surface area contributed by atoms with Gasteiger partial charge in [0, 0.05) is 5.02 Å². The molecular formula is C10H12ClFO3Si. The lowest BCUT2D eigenvalue weighted by molar-refractivity contribution is 0.0689. The van der Waals surface area contributed by atoms with Crippen molar-refractivity contribution in [3.63, 3.8) is 0 Å². The first kappa shape index (κ1) is 13.0. The van der Waals surface area contributed by atoms with E-state index in [0.29, 0.717) is 0 Å². The van der Waals surface area contributed by atoms with E-state index in [1.807, 2.05) is 19.6 Å². The molecule has 1 aromatic carbocycles. The Bertz CT molecular complexity index is 429. The molecule has 0 amide bonds. The first-order valence-corrected chi connectivity index (χ1v) is 8.40. The second-order valence-electron chi connectivity index (χ2n) is 4.28. The molecule has 0 fully saturated rings. The number of carboxylic acid groups (broad SMARTS) is 1. The second kappa shape index (κ2) is 4.43. The molecule has 1 aromatic rings. The van der Waals surface area contributed by atoms with Crippen LogP contribution in [0, 0.1) is 5.82 Å². The maximum Gasteiger partial charge on any atom is 0.342 e. The van der Waals surface area contributed by atoms with Crippen molar-refractivity contribution >= 4 is 25.9 Å². The van der Waals surface area contributed by atoms with Crippen molar-refractivity contribution < 1.29 is 18.7 Å². The SMILES string of the molecule is C[Si](C)(C)Oc1cc(Cl)cc(F)c1C(=O)O. The van der Waals surface area contributed by atoms with Gasteiger partial charge in [0.05, 0.1) is 0 Å². The summed E-state index contributed by atoms with van der Waals surface area (Å²) in [6, 6.07) is 2.29. The van der Waals surface area contributed by atoms with Gasteiger partial charge in [-0.05, 0) is 31.8 Å². The van der Waals surface area contributed by atoms with Crippen molar-refractivity contribution in [2.45, 2.75) is 19.6 Å². The molecular weight excluding hydrogens is 251 g/mol. The molecule has 0 aliphatic heterocycles. The Hall–Kier alpha value is -1.07. The summed E-state index contributed by atoms with van der Waals surface area (Å²) in [5, 5.41) is 9.01. The number of carbonyl (C=O) groups is 1. The fourth-order valence-electron chi connectivity index (χ4n) is 1.17. The molecule has 0 saturated heterocycles. The van der Waals surface area contributed by atoms with Crippen LogP contribution >= 0.6 is 11.6 Å². The van der Waals surface area contributed by atoms with E-state index in [9.17, 15) is 9.18 Å². The lowest BCUT2D eigenvalue weighted by atomic mass is 10.2. The minimum atomic E-state index is -2.01. The summed E-state index contributed by atoms with van der Waals surface area (Å²) in [5.41, 5.74) is -0.466. The van der Waals surface area contributed by atoms with Crippen LogP contribution in [0.3, 0.4) is 0 Å². The van der Waals surface area contributed by atoms with Gasteiger partial charge in [-0.3, -0.25) is 0 Å². The standard InChI is InChI=1S/C10H12ClFO3Si/c1-16(2,3)15-8-5-6(11)4-7(12)9(8)10(13)14/h4-5H,1-3H3,(H,13,14). The molecule has 0 heterocycles. The topological polar surface area (TPSA) is 46.5 Å². The molecule has 0 unspecified atom stereocenters. The minimum Gasteiger partial charge on any atom is -0.544 e.